The van der Waals surface area contributed by atoms with E-state index in [0.29, 0.717) is 5.76 Å². The molecule has 5 rings (SSSR count). The second-order valence-corrected chi connectivity index (χ2v) is 9.60. The number of hydrogen-bond acceptors (Lipinski definition) is 7. The van der Waals surface area contributed by atoms with Crippen LogP contribution in [0.15, 0.2) is 96.4 Å². The molecule has 0 unspecified atom stereocenters. The maximum atomic E-state index is 13.9. The number of benzene rings is 1. The first-order chi connectivity index (χ1) is 18.9. The Labute approximate surface area is 227 Å². The highest BCUT2D eigenvalue weighted by Crippen LogP contribution is 2.41. The summed E-state index contributed by atoms with van der Waals surface area (Å²) in [6.07, 6.45) is 12.9. The van der Waals surface area contributed by atoms with Crippen molar-refractivity contribution >= 4 is 28.2 Å². The molecule has 0 saturated carbocycles. The SMILES string of the molecule is CO/C(C=C(C)C)=C/C(=C\N)c1ccc2c(n1)C(C1=CNc3c(cncc3-c3cccc(F)c3)N1)=CCN2C. The predicted octanol–water partition coefficient (Wildman–Crippen LogP) is 6.29. The summed E-state index contributed by atoms with van der Waals surface area (Å²) in [4.78, 5) is 11.6. The van der Waals surface area contributed by atoms with Crippen LogP contribution in [0.25, 0.3) is 22.3 Å². The third-order valence-electron chi connectivity index (χ3n) is 6.55. The van der Waals surface area contributed by atoms with Gasteiger partial charge in [-0.15, -0.1) is 0 Å². The molecule has 2 aromatic heterocycles. The lowest BCUT2D eigenvalue weighted by atomic mass is 9.98. The second kappa shape index (κ2) is 10.9. The highest BCUT2D eigenvalue weighted by Gasteiger charge is 2.25. The average Bonchev–Trinajstić information content (AvgIpc) is 2.94. The molecule has 2 aliphatic rings. The molecule has 0 fully saturated rings. The predicted molar refractivity (Wildman–Crippen MR) is 157 cm³/mol. The number of aromatic nitrogens is 2. The molecule has 0 bridgehead atoms. The van der Waals surface area contributed by atoms with Gasteiger partial charge in [0.1, 0.15) is 11.6 Å². The number of fused-ring (bicyclic) bond motifs is 2. The van der Waals surface area contributed by atoms with Gasteiger partial charge in [0.05, 0.1) is 47.5 Å². The molecule has 3 aromatic rings. The summed E-state index contributed by atoms with van der Waals surface area (Å²) in [5.74, 6) is 0.400. The van der Waals surface area contributed by atoms with Gasteiger partial charge in [-0.1, -0.05) is 23.8 Å². The molecule has 0 radical (unpaired) electrons. The minimum absolute atomic E-state index is 0.292. The normalized spacial score (nSPS) is 14.7. The van der Waals surface area contributed by atoms with Gasteiger partial charge in [0.15, 0.2) is 0 Å². The maximum absolute atomic E-state index is 13.9. The molecule has 39 heavy (non-hydrogen) atoms. The number of nitrogens with zero attached hydrogens (tertiary/aromatic N) is 3. The number of methoxy groups -OCH3 is 1. The molecule has 0 amide bonds. The van der Waals surface area contributed by atoms with Gasteiger partial charge in [0, 0.05) is 48.9 Å². The highest BCUT2D eigenvalue weighted by atomic mass is 19.1. The molecule has 2 aliphatic heterocycles. The zero-order valence-electron chi connectivity index (χ0n) is 22.4. The number of nitrogens with two attached hydrogens (primary N) is 1. The molecular weight excluding hydrogens is 491 g/mol. The average molecular weight is 523 g/mol. The first-order valence-corrected chi connectivity index (χ1v) is 12.6. The Morgan fingerprint density at radius 3 is 2.74 bits per heavy atom. The van der Waals surface area contributed by atoms with E-state index in [0.717, 1.165) is 68.5 Å². The summed E-state index contributed by atoms with van der Waals surface area (Å²) in [5.41, 5.74) is 15.5. The van der Waals surface area contributed by atoms with E-state index in [4.69, 9.17) is 15.5 Å². The Kier molecular flexibility index (Phi) is 7.19. The van der Waals surface area contributed by atoms with Crippen LogP contribution in [0.3, 0.4) is 0 Å². The number of allylic oxidation sites excluding steroid dienone is 5. The van der Waals surface area contributed by atoms with Crippen molar-refractivity contribution in [1.82, 2.24) is 9.97 Å². The van der Waals surface area contributed by atoms with Crippen molar-refractivity contribution in [2.45, 2.75) is 13.8 Å². The Bertz CT molecular complexity index is 1580. The quantitative estimate of drug-likeness (QED) is 0.259. The van der Waals surface area contributed by atoms with Crippen molar-refractivity contribution in [3.63, 3.8) is 0 Å². The zero-order valence-corrected chi connectivity index (χ0v) is 22.4. The van der Waals surface area contributed by atoms with Crippen LogP contribution in [-0.4, -0.2) is 30.7 Å². The minimum Gasteiger partial charge on any atom is -0.497 e. The van der Waals surface area contributed by atoms with E-state index in [1.165, 1.54) is 18.3 Å². The number of anilines is 3. The molecule has 0 saturated heterocycles. The topological polar surface area (TPSA) is 88.3 Å². The number of halogens is 1. The van der Waals surface area contributed by atoms with Crippen LogP contribution in [-0.2, 0) is 4.74 Å². The number of rotatable bonds is 6. The fraction of sp³-hybridized carbons (Fsp3) is 0.161. The first-order valence-electron chi connectivity index (χ1n) is 12.6. The summed E-state index contributed by atoms with van der Waals surface area (Å²) >= 11 is 0. The van der Waals surface area contributed by atoms with Crippen molar-refractivity contribution in [2.75, 3.05) is 36.2 Å². The fourth-order valence-corrected chi connectivity index (χ4v) is 4.64. The second-order valence-electron chi connectivity index (χ2n) is 9.60. The maximum Gasteiger partial charge on any atom is 0.123 e. The third-order valence-corrected chi connectivity index (χ3v) is 6.55. The molecule has 198 valence electrons. The Morgan fingerprint density at radius 1 is 1.15 bits per heavy atom. The first kappa shape index (κ1) is 25.8. The Hall–Kier alpha value is -4.85. The summed E-state index contributed by atoms with van der Waals surface area (Å²) in [7, 11) is 3.67. The van der Waals surface area contributed by atoms with Crippen LogP contribution in [0.4, 0.5) is 21.5 Å². The fourth-order valence-electron chi connectivity index (χ4n) is 4.64. The smallest absolute Gasteiger partial charge is 0.123 e. The van der Waals surface area contributed by atoms with Crippen LogP contribution in [0.1, 0.15) is 25.2 Å². The van der Waals surface area contributed by atoms with E-state index in [2.05, 4.69) is 32.7 Å². The van der Waals surface area contributed by atoms with Gasteiger partial charge < -0.3 is 26.0 Å². The van der Waals surface area contributed by atoms with Gasteiger partial charge in [0.2, 0.25) is 0 Å². The van der Waals surface area contributed by atoms with Gasteiger partial charge >= 0.3 is 0 Å². The van der Waals surface area contributed by atoms with Crippen molar-refractivity contribution in [3.05, 3.63) is 114 Å². The summed E-state index contributed by atoms with van der Waals surface area (Å²) in [6.45, 7) is 4.75. The van der Waals surface area contributed by atoms with Crippen molar-refractivity contribution in [3.8, 4) is 11.1 Å². The molecule has 8 heteroatoms. The van der Waals surface area contributed by atoms with Crippen LogP contribution < -0.4 is 21.3 Å². The zero-order chi connectivity index (χ0) is 27.5. The van der Waals surface area contributed by atoms with E-state index in [1.807, 2.05) is 51.4 Å². The third kappa shape index (κ3) is 5.27. The molecule has 0 aliphatic carbocycles. The van der Waals surface area contributed by atoms with E-state index in [1.54, 1.807) is 25.6 Å². The van der Waals surface area contributed by atoms with E-state index in [-0.39, 0.29) is 5.82 Å². The van der Waals surface area contributed by atoms with E-state index in [9.17, 15) is 4.39 Å². The Balaban J connectivity index is 1.51. The molecule has 4 N–H and O–H groups in total. The van der Waals surface area contributed by atoms with E-state index >= 15 is 0 Å². The number of hydrogen-bond donors (Lipinski definition) is 3. The summed E-state index contributed by atoms with van der Waals surface area (Å²) in [5, 5.41) is 6.92. The number of likely N-dealkylation sites (N-methyl/N-ethyl adjacent to an activating group) is 1. The highest BCUT2D eigenvalue weighted by molar-refractivity contribution is 5.95. The van der Waals surface area contributed by atoms with Crippen molar-refractivity contribution in [1.29, 1.82) is 0 Å². The molecule has 4 heterocycles. The van der Waals surface area contributed by atoms with Crippen LogP contribution in [0.2, 0.25) is 0 Å². The summed E-state index contributed by atoms with van der Waals surface area (Å²) < 4.78 is 19.4. The molecule has 0 atom stereocenters. The monoisotopic (exact) mass is 522 g/mol. The number of pyridine rings is 2. The molecule has 7 nitrogen and oxygen atoms in total. The molecule has 0 spiro atoms. The van der Waals surface area contributed by atoms with Crippen LogP contribution in [0, 0.1) is 5.82 Å². The van der Waals surface area contributed by atoms with Gasteiger partial charge in [-0.3, -0.25) is 4.98 Å². The van der Waals surface area contributed by atoms with Gasteiger partial charge in [-0.25, -0.2) is 9.37 Å². The molecular formula is C31H31FN6O. The lowest BCUT2D eigenvalue weighted by molar-refractivity contribution is 0.307. The number of ether oxygens (including phenoxy) is 1. The van der Waals surface area contributed by atoms with Crippen molar-refractivity contribution in [2.24, 2.45) is 5.73 Å². The van der Waals surface area contributed by atoms with Gasteiger partial charge in [-0.05, 0) is 55.8 Å². The van der Waals surface area contributed by atoms with Gasteiger partial charge in [0.25, 0.3) is 0 Å². The van der Waals surface area contributed by atoms with Gasteiger partial charge in [-0.2, -0.15) is 0 Å². The van der Waals surface area contributed by atoms with Crippen LogP contribution >= 0.6 is 0 Å². The largest absolute Gasteiger partial charge is 0.497 e. The standard InChI is InChI=1S/C31H31FN6O/c1-19(2)12-23(39-4)14-21(15-33)26-8-9-29-31(37-26)24(10-11-38(29)3)27-18-35-30-25(16-34-17-28(30)36-27)20-6-5-7-22(32)13-20/h5-10,12-18,35-36H,11,33H2,1-4H3/b21-15+,23-14+. The number of nitrogens with one attached hydrogen (secondary N) is 2. The Morgan fingerprint density at radius 2 is 2.00 bits per heavy atom. The molecule has 1 aromatic carbocycles. The lowest BCUT2D eigenvalue weighted by Gasteiger charge is -2.30. The summed E-state index contributed by atoms with van der Waals surface area (Å²) in [6, 6.07) is 10.5. The van der Waals surface area contributed by atoms with Crippen molar-refractivity contribution < 1.29 is 9.13 Å². The minimum atomic E-state index is -0.292. The van der Waals surface area contributed by atoms with E-state index < -0.39 is 0 Å². The lowest BCUT2D eigenvalue weighted by Crippen LogP contribution is -2.25. The van der Waals surface area contributed by atoms with Crippen LogP contribution in [0.5, 0.6) is 0 Å².